The number of esters is 1. The number of halogens is 1. The van der Waals surface area contributed by atoms with Gasteiger partial charge in [0.2, 0.25) is 0 Å². The van der Waals surface area contributed by atoms with Crippen LogP contribution in [0.25, 0.3) is 10.6 Å². The summed E-state index contributed by atoms with van der Waals surface area (Å²) >= 11 is 7.29. The predicted octanol–water partition coefficient (Wildman–Crippen LogP) is 3.34. The summed E-state index contributed by atoms with van der Waals surface area (Å²) < 4.78 is 5.28. The first-order valence-corrected chi connectivity index (χ1v) is 8.59. The maximum absolute atomic E-state index is 12.1. The van der Waals surface area contributed by atoms with Crippen molar-refractivity contribution in [3.63, 3.8) is 0 Å². The molecule has 2 heterocycles. The van der Waals surface area contributed by atoms with Crippen molar-refractivity contribution in [3.05, 3.63) is 63.6 Å². The fourth-order valence-electron chi connectivity index (χ4n) is 2.07. The molecular formula is C17H13ClN4O3S. The molecule has 0 fully saturated rings. The molecule has 7 nitrogen and oxygen atoms in total. The number of carbonyl (C=O) groups is 2. The van der Waals surface area contributed by atoms with Crippen molar-refractivity contribution in [1.29, 1.82) is 0 Å². The van der Waals surface area contributed by atoms with E-state index in [4.69, 9.17) is 11.6 Å². The van der Waals surface area contributed by atoms with Crippen LogP contribution < -0.4 is 5.43 Å². The molecule has 2 aromatic heterocycles. The number of rotatable bonds is 5. The van der Waals surface area contributed by atoms with Gasteiger partial charge in [0.1, 0.15) is 0 Å². The second kappa shape index (κ2) is 7.94. The quantitative estimate of drug-likeness (QED) is 0.398. The number of nitrogens with one attached hydrogen (secondary N) is 2. The molecule has 0 aliphatic heterocycles. The zero-order chi connectivity index (χ0) is 18.5. The van der Waals surface area contributed by atoms with E-state index in [2.05, 4.69) is 25.5 Å². The third-order valence-corrected chi connectivity index (χ3v) is 4.63. The number of nitrogens with zero attached hydrogens (tertiary/aromatic N) is 2. The molecule has 3 rings (SSSR count). The molecular weight excluding hydrogens is 376 g/mol. The highest BCUT2D eigenvalue weighted by molar-refractivity contribution is 7.19. The molecule has 1 amide bonds. The lowest BCUT2D eigenvalue weighted by atomic mass is 10.1. The summed E-state index contributed by atoms with van der Waals surface area (Å²) in [5.41, 5.74) is 4.47. The minimum absolute atomic E-state index is 0.211. The summed E-state index contributed by atoms with van der Waals surface area (Å²) in [4.78, 5) is 24.3. The van der Waals surface area contributed by atoms with Crippen LogP contribution in [0.5, 0.6) is 0 Å². The highest BCUT2D eigenvalue weighted by Crippen LogP contribution is 2.29. The van der Waals surface area contributed by atoms with E-state index in [1.165, 1.54) is 24.7 Å². The number of hydrogen-bond donors (Lipinski definition) is 2. The SMILES string of the molecule is COC(=O)c1ccc(/C=N/NC(=O)c2cc(-c3ccc(Cl)s3)[nH]n2)cc1. The molecule has 0 radical (unpaired) electrons. The smallest absolute Gasteiger partial charge is 0.337 e. The number of aromatic nitrogens is 2. The first kappa shape index (κ1) is 17.8. The van der Waals surface area contributed by atoms with Gasteiger partial charge in [0, 0.05) is 0 Å². The van der Waals surface area contributed by atoms with Crippen molar-refractivity contribution in [3.8, 4) is 10.6 Å². The van der Waals surface area contributed by atoms with Gasteiger partial charge in [-0.05, 0) is 35.9 Å². The minimum Gasteiger partial charge on any atom is -0.465 e. The van der Waals surface area contributed by atoms with Crippen molar-refractivity contribution >= 4 is 41.0 Å². The maximum atomic E-state index is 12.1. The Morgan fingerprint density at radius 2 is 2.04 bits per heavy atom. The number of benzene rings is 1. The molecule has 0 atom stereocenters. The van der Waals surface area contributed by atoms with Gasteiger partial charge in [-0.15, -0.1) is 11.3 Å². The summed E-state index contributed by atoms with van der Waals surface area (Å²) in [5.74, 6) is -0.860. The number of aromatic amines is 1. The molecule has 132 valence electrons. The van der Waals surface area contributed by atoms with Crippen LogP contribution in [-0.2, 0) is 4.74 Å². The van der Waals surface area contributed by atoms with Crippen molar-refractivity contribution < 1.29 is 14.3 Å². The molecule has 0 saturated heterocycles. The Kier molecular flexibility index (Phi) is 5.45. The Morgan fingerprint density at radius 3 is 2.69 bits per heavy atom. The van der Waals surface area contributed by atoms with Gasteiger partial charge >= 0.3 is 5.97 Å². The Labute approximate surface area is 157 Å². The fourth-order valence-corrected chi connectivity index (χ4v) is 3.08. The normalized spacial score (nSPS) is 10.8. The van der Waals surface area contributed by atoms with Gasteiger partial charge < -0.3 is 4.74 Å². The molecule has 1 aromatic carbocycles. The van der Waals surface area contributed by atoms with E-state index < -0.39 is 11.9 Å². The van der Waals surface area contributed by atoms with E-state index >= 15 is 0 Å². The first-order chi connectivity index (χ1) is 12.6. The molecule has 26 heavy (non-hydrogen) atoms. The fraction of sp³-hybridized carbons (Fsp3) is 0.0588. The van der Waals surface area contributed by atoms with Gasteiger partial charge in [0.15, 0.2) is 5.69 Å². The van der Waals surface area contributed by atoms with Crippen LogP contribution in [0.3, 0.4) is 0 Å². The second-order valence-electron chi connectivity index (χ2n) is 5.08. The lowest BCUT2D eigenvalue weighted by molar-refractivity contribution is 0.0600. The first-order valence-electron chi connectivity index (χ1n) is 7.39. The van der Waals surface area contributed by atoms with Gasteiger partial charge in [-0.1, -0.05) is 23.7 Å². The van der Waals surface area contributed by atoms with Crippen molar-refractivity contribution in [1.82, 2.24) is 15.6 Å². The summed E-state index contributed by atoms with van der Waals surface area (Å²) in [6.45, 7) is 0. The third kappa shape index (κ3) is 4.16. The highest BCUT2D eigenvalue weighted by atomic mass is 35.5. The Hall–Kier alpha value is -2.97. The van der Waals surface area contributed by atoms with E-state index in [0.717, 1.165) is 4.88 Å². The lowest BCUT2D eigenvalue weighted by Crippen LogP contribution is -2.18. The molecule has 0 saturated carbocycles. The number of hydrazone groups is 1. The largest absolute Gasteiger partial charge is 0.465 e. The maximum Gasteiger partial charge on any atom is 0.337 e. The van der Waals surface area contributed by atoms with E-state index in [9.17, 15) is 9.59 Å². The topological polar surface area (TPSA) is 96.4 Å². The van der Waals surface area contributed by atoms with Crippen LogP contribution >= 0.6 is 22.9 Å². The average molecular weight is 389 g/mol. The Balaban J connectivity index is 1.61. The Bertz CT molecular complexity index is 963. The van der Waals surface area contributed by atoms with Crippen LogP contribution in [-0.4, -0.2) is 35.4 Å². The highest BCUT2D eigenvalue weighted by Gasteiger charge is 2.12. The van der Waals surface area contributed by atoms with Crippen molar-refractivity contribution in [2.24, 2.45) is 5.10 Å². The minimum atomic E-state index is -0.447. The predicted molar refractivity (Wildman–Crippen MR) is 99.8 cm³/mol. The number of thiophene rings is 1. The molecule has 9 heteroatoms. The molecule has 0 aliphatic carbocycles. The van der Waals surface area contributed by atoms with Gasteiger partial charge in [-0.2, -0.15) is 10.2 Å². The number of H-pyrrole nitrogens is 1. The van der Waals surface area contributed by atoms with Crippen LogP contribution in [0.15, 0.2) is 47.6 Å². The third-order valence-electron chi connectivity index (χ3n) is 3.36. The zero-order valence-electron chi connectivity index (χ0n) is 13.5. The van der Waals surface area contributed by atoms with Crippen molar-refractivity contribution in [2.45, 2.75) is 0 Å². The van der Waals surface area contributed by atoms with E-state index in [1.54, 1.807) is 36.4 Å². The van der Waals surface area contributed by atoms with Gasteiger partial charge in [-0.3, -0.25) is 9.89 Å². The van der Waals surface area contributed by atoms with E-state index in [1.807, 2.05) is 6.07 Å². The number of amides is 1. The zero-order valence-corrected chi connectivity index (χ0v) is 15.1. The molecule has 0 spiro atoms. The molecule has 3 aromatic rings. The summed E-state index contributed by atoms with van der Waals surface area (Å²) in [6.07, 6.45) is 1.46. The second-order valence-corrected chi connectivity index (χ2v) is 6.80. The van der Waals surface area contributed by atoms with Gasteiger partial charge in [-0.25, -0.2) is 10.2 Å². The van der Waals surface area contributed by atoms with Crippen LogP contribution in [0.1, 0.15) is 26.4 Å². The standard InChI is InChI=1S/C17H13ClN4O3S/c1-25-17(24)11-4-2-10(3-5-11)9-19-22-16(23)13-8-12(20-21-13)14-6-7-15(18)26-14/h2-9H,1H3,(H,20,21)(H,22,23)/b19-9+. The van der Waals surface area contributed by atoms with Crippen molar-refractivity contribution in [2.75, 3.05) is 7.11 Å². The van der Waals surface area contributed by atoms with Crippen LogP contribution in [0.4, 0.5) is 0 Å². The number of methoxy groups -OCH3 is 1. The van der Waals surface area contributed by atoms with Crippen LogP contribution in [0, 0.1) is 0 Å². The molecule has 0 aliphatic rings. The summed E-state index contributed by atoms with van der Waals surface area (Å²) in [6, 6.07) is 11.8. The number of ether oxygens (including phenoxy) is 1. The summed E-state index contributed by atoms with van der Waals surface area (Å²) in [5, 5.41) is 10.6. The van der Waals surface area contributed by atoms with Gasteiger partial charge in [0.25, 0.3) is 5.91 Å². The molecule has 0 bridgehead atoms. The van der Waals surface area contributed by atoms with E-state index in [-0.39, 0.29) is 5.69 Å². The average Bonchev–Trinajstić information content (AvgIpc) is 3.30. The Morgan fingerprint density at radius 1 is 1.27 bits per heavy atom. The van der Waals surface area contributed by atoms with E-state index in [0.29, 0.717) is 21.2 Å². The monoisotopic (exact) mass is 388 g/mol. The lowest BCUT2D eigenvalue weighted by Gasteiger charge is -1.99. The molecule has 2 N–H and O–H groups in total. The summed E-state index contributed by atoms with van der Waals surface area (Å²) in [7, 11) is 1.32. The number of carbonyl (C=O) groups excluding carboxylic acids is 2. The van der Waals surface area contributed by atoms with Crippen LogP contribution in [0.2, 0.25) is 4.34 Å². The number of hydrogen-bond acceptors (Lipinski definition) is 6. The van der Waals surface area contributed by atoms with Gasteiger partial charge in [0.05, 0.1) is 33.8 Å². The molecule has 0 unspecified atom stereocenters.